The van der Waals surface area contributed by atoms with Gasteiger partial charge in [-0.15, -0.1) is 0 Å². The van der Waals surface area contributed by atoms with Gasteiger partial charge < -0.3 is 19.9 Å². The molecule has 29 heavy (non-hydrogen) atoms. The summed E-state index contributed by atoms with van der Waals surface area (Å²) in [5.74, 6) is -0.192. The number of nitriles is 1. The molecule has 0 unspecified atom stereocenters. The molecule has 152 valence electrons. The number of piperidine rings is 1. The van der Waals surface area contributed by atoms with Gasteiger partial charge in [0.15, 0.2) is 0 Å². The molecule has 1 saturated carbocycles. The number of esters is 1. The summed E-state index contributed by atoms with van der Waals surface area (Å²) in [6, 6.07) is 4.03. The van der Waals surface area contributed by atoms with Crippen LogP contribution in [0.1, 0.15) is 43.5 Å². The number of H-pyrrole nitrogens is 1. The first-order chi connectivity index (χ1) is 14.0. The molecule has 0 aromatic carbocycles. The van der Waals surface area contributed by atoms with E-state index in [1.165, 1.54) is 6.20 Å². The summed E-state index contributed by atoms with van der Waals surface area (Å²) in [6.45, 7) is 5.34. The number of rotatable bonds is 5. The number of aromatic nitrogens is 2. The van der Waals surface area contributed by atoms with Gasteiger partial charge in [-0.3, -0.25) is 4.79 Å². The average Bonchev–Trinajstić information content (AvgIpc) is 3.38. The summed E-state index contributed by atoms with van der Waals surface area (Å²) < 4.78 is 5.21. The zero-order valence-corrected chi connectivity index (χ0v) is 16.7. The summed E-state index contributed by atoms with van der Waals surface area (Å²) in [5.41, 5.74) is 0.914. The summed E-state index contributed by atoms with van der Waals surface area (Å²) >= 11 is 0. The molecule has 0 radical (unpaired) electrons. The average molecular weight is 395 g/mol. The Bertz CT molecular complexity index is 988. The Balaban J connectivity index is 1.62. The van der Waals surface area contributed by atoms with E-state index in [9.17, 15) is 14.9 Å². The number of nitrogens with one attached hydrogen (secondary N) is 2. The van der Waals surface area contributed by atoms with E-state index in [0.29, 0.717) is 48.7 Å². The fraction of sp³-hybridized carbons (Fsp3) is 0.524. The van der Waals surface area contributed by atoms with Crippen LogP contribution in [-0.4, -0.2) is 52.5 Å². The van der Waals surface area contributed by atoms with E-state index in [4.69, 9.17) is 4.74 Å². The number of hydrogen-bond acceptors (Lipinski definition) is 6. The first kappa shape index (κ1) is 19.2. The maximum Gasteiger partial charge on any atom is 0.341 e. The lowest BCUT2D eigenvalue weighted by molar-refractivity contribution is -0.136. The Kier molecular flexibility index (Phi) is 4.91. The van der Waals surface area contributed by atoms with Crippen LogP contribution in [0.5, 0.6) is 0 Å². The quantitative estimate of drug-likeness (QED) is 0.753. The smallest absolute Gasteiger partial charge is 0.341 e. The highest BCUT2D eigenvalue weighted by atomic mass is 16.5. The topological polar surface area (TPSA) is 111 Å². The second-order valence-electron chi connectivity index (χ2n) is 7.97. The number of carbonyl (C=O) groups is 2. The lowest BCUT2D eigenvalue weighted by atomic mass is 9.91. The van der Waals surface area contributed by atoms with E-state index in [1.54, 1.807) is 18.0 Å². The molecule has 8 nitrogen and oxygen atoms in total. The molecule has 1 aliphatic carbocycles. The molecule has 2 aromatic heterocycles. The van der Waals surface area contributed by atoms with Gasteiger partial charge in [0.25, 0.3) is 0 Å². The van der Waals surface area contributed by atoms with E-state index in [1.807, 2.05) is 6.07 Å². The fourth-order valence-electron chi connectivity index (χ4n) is 3.96. The number of pyridine rings is 1. The normalized spacial score (nSPS) is 22.7. The highest BCUT2D eigenvalue weighted by Crippen LogP contribution is 2.47. The van der Waals surface area contributed by atoms with Gasteiger partial charge in [0.1, 0.15) is 16.6 Å². The van der Waals surface area contributed by atoms with Gasteiger partial charge in [-0.2, -0.15) is 5.26 Å². The zero-order chi connectivity index (χ0) is 20.6. The molecule has 2 N–H and O–H groups in total. The zero-order valence-electron chi connectivity index (χ0n) is 16.7. The monoisotopic (exact) mass is 395 g/mol. The van der Waals surface area contributed by atoms with E-state index in [-0.39, 0.29) is 18.6 Å². The summed E-state index contributed by atoms with van der Waals surface area (Å²) in [4.78, 5) is 34.5. The van der Waals surface area contributed by atoms with Gasteiger partial charge in [-0.1, -0.05) is 6.92 Å². The molecule has 2 aliphatic rings. The minimum Gasteiger partial charge on any atom is -0.462 e. The van der Waals surface area contributed by atoms with Crippen LogP contribution < -0.4 is 5.32 Å². The van der Waals surface area contributed by atoms with Crippen molar-refractivity contribution in [3.8, 4) is 6.07 Å². The second kappa shape index (κ2) is 7.39. The van der Waals surface area contributed by atoms with E-state index < -0.39 is 11.4 Å². The Hall–Kier alpha value is -3.08. The number of hydrogen-bond donors (Lipinski definition) is 2. The lowest BCUT2D eigenvalue weighted by Crippen LogP contribution is -2.51. The van der Waals surface area contributed by atoms with E-state index in [0.717, 1.165) is 11.8 Å². The van der Waals surface area contributed by atoms with Crippen molar-refractivity contribution in [2.24, 2.45) is 11.3 Å². The highest BCUT2D eigenvalue weighted by Gasteiger charge is 2.53. The molecule has 0 spiro atoms. The summed E-state index contributed by atoms with van der Waals surface area (Å²) in [6.07, 6.45) is 5.43. The fourth-order valence-corrected chi connectivity index (χ4v) is 3.96. The number of aromatic amines is 1. The van der Waals surface area contributed by atoms with Crippen molar-refractivity contribution in [2.45, 2.75) is 39.2 Å². The summed E-state index contributed by atoms with van der Waals surface area (Å²) in [5, 5.41) is 13.7. The first-order valence-corrected chi connectivity index (χ1v) is 10.1. The van der Waals surface area contributed by atoms with Crippen molar-refractivity contribution < 1.29 is 14.3 Å². The van der Waals surface area contributed by atoms with Crippen LogP contribution in [0.25, 0.3) is 11.0 Å². The summed E-state index contributed by atoms with van der Waals surface area (Å²) in [7, 11) is 0. The molecular formula is C21H25N5O3. The lowest BCUT2D eigenvalue weighted by Gasteiger charge is -2.39. The number of ether oxygens (including phenoxy) is 1. The van der Waals surface area contributed by atoms with Crippen LogP contribution in [0.2, 0.25) is 0 Å². The Morgan fingerprint density at radius 1 is 1.48 bits per heavy atom. The molecule has 1 amide bonds. The third-order valence-corrected chi connectivity index (χ3v) is 6.03. The third-order valence-electron chi connectivity index (χ3n) is 6.03. The van der Waals surface area contributed by atoms with Crippen molar-refractivity contribution in [1.82, 2.24) is 14.9 Å². The van der Waals surface area contributed by atoms with Gasteiger partial charge in [-0.05, 0) is 38.2 Å². The van der Waals surface area contributed by atoms with Gasteiger partial charge in [0.05, 0.1) is 18.4 Å². The number of fused-ring (bicyclic) bond motifs is 1. The molecule has 0 bridgehead atoms. The highest BCUT2D eigenvalue weighted by molar-refractivity contribution is 6.04. The second-order valence-corrected chi connectivity index (χ2v) is 7.97. The maximum absolute atomic E-state index is 12.8. The van der Waals surface area contributed by atoms with Gasteiger partial charge in [0.2, 0.25) is 5.91 Å². The van der Waals surface area contributed by atoms with Gasteiger partial charge in [0, 0.05) is 36.9 Å². The van der Waals surface area contributed by atoms with Crippen molar-refractivity contribution in [3.63, 3.8) is 0 Å². The largest absolute Gasteiger partial charge is 0.462 e. The van der Waals surface area contributed by atoms with Gasteiger partial charge >= 0.3 is 5.97 Å². The maximum atomic E-state index is 12.8. The minimum atomic E-state index is -0.814. The van der Waals surface area contributed by atoms with Crippen LogP contribution in [0.4, 0.5) is 5.69 Å². The molecule has 4 rings (SSSR count). The van der Waals surface area contributed by atoms with E-state index >= 15 is 0 Å². The van der Waals surface area contributed by atoms with Crippen LogP contribution in [0, 0.1) is 22.7 Å². The predicted octanol–water partition coefficient (Wildman–Crippen LogP) is 2.69. The molecule has 8 heteroatoms. The van der Waals surface area contributed by atoms with Crippen molar-refractivity contribution >= 4 is 28.6 Å². The predicted molar refractivity (Wildman–Crippen MR) is 107 cm³/mol. The van der Waals surface area contributed by atoms with Crippen LogP contribution >= 0.6 is 0 Å². The molecule has 2 aromatic rings. The van der Waals surface area contributed by atoms with E-state index in [2.05, 4.69) is 28.3 Å². The molecule has 3 heterocycles. The van der Waals surface area contributed by atoms with Crippen molar-refractivity contribution in [3.05, 3.63) is 24.0 Å². The number of amides is 1. The molecule has 2 atom stereocenters. The standard InChI is InChI=1S/C21H25N5O3/c1-3-29-19(27)15-10-24-18-14(4-8-23-18)17(15)25-16-11-26(9-5-13(16)2)20(28)21(12-22)6-7-21/h4,8,10,13,16H,3,5-7,9,11H2,1-2H3,(H2,23,24,25)/t13-,16+/m1/s1. The van der Waals surface area contributed by atoms with Crippen LogP contribution in [0.15, 0.2) is 18.5 Å². The Morgan fingerprint density at radius 3 is 2.97 bits per heavy atom. The van der Waals surface area contributed by atoms with Crippen molar-refractivity contribution in [2.75, 3.05) is 25.0 Å². The van der Waals surface area contributed by atoms with Gasteiger partial charge in [-0.25, -0.2) is 9.78 Å². The minimum absolute atomic E-state index is 0.0455. The first-order valence-electron chi connectivity index (χ1n) is 10.1. The van der Waals surface area contributed by atoms with Crippen molar-refractivity contribution in [1.29, 1.82) is 5.26 Å². The number of anilines is 1. The molecular weight excluding hydrogens is 370 g/mol. The number of likely N-dealkylation sites (tertiary alicyclic amines) is 1. The Labute approximate surface area is 169 Å². The third kappa shape index (κ3) is 3.41. The Morgan fingerprint density at radius 2 is 2.28 bits per heavy atom. The number of carbonyl (C=O) groups excluding carboxylic acids is 2. The SMILES string of the molecule is CCOC(=O)c1cnc2[nH]ccc2c1N[C@H]1CN(C(=O)C2(C#N)CC2)CC[C@H]1C. The molecule has 2 fully saturated rings. The van der Waals surface area contributed by atoms with Crippen LogP contribution in [0.3, 0.4) is 0 Å². The van der Waals surface area contributed by atoms with Crippen LogP contribution in [-0.2, 0) is 9.53 Å². The number of nitrogens with zero attached hydrogens (tertiary/aromatic N) is 3. The molecule has 1 aliphatic heterocycles. The molecule has 1 saturated heterocycles.